The van der Waals surface area contributed by atoms with Gasteiger partial charge in [0.1, 0.15) is 18.4 Å². The molecule has 174 valence electrons. The number of urea groups is 1. The van der Waals surface area contributed by atoms with E-state index < -0.39 is 23.9 Å². The molecule has 0 bridgehead atoms. The number of hydrogen-bond acceptors (Lipinski definition) is 4. The van der Waals surface area contributed by atoms with Gasteiger partial charge in [0.2, 0.25) is 5.91 Å². The van der Waals surface area contributed by atoms with Gasteiger partial charge in [-0.05, 0) is 24.0 Å². The van der Waals surface area contributed by atoms with E-state index in [0.29, 0.717) is 5.82 Å². The van der Waals surface area contributed by atoms with Crippen LogP contribution in [0, 0.1) is 0 Å². The van der Waals surface area contributed by atoms with E-state index in [1.165, 1.54) is 4.90 Å². The van der Waals surface area contributed by atoms with Crippen molar-refractivity contribution < 1.29 is 14.4 Å². The zero-order valence-electron chi connectivity index (χ0n) is 18.8. The highest BCUT2D eigenvalue weighted by Crippen LogP contribution is 2.33. The van der Waals surface area contributed by atoms with Crippen LogP contribution in [-0.4, -0.2) is 44.0 Å². The summed E-state index contributed by atoms with van der Waals surface area (Å²) in [6.45, 7) is -0.0698. The van der Waals surface area contributed by atoms with Gasteiger partial charge in [-0.3, -0.25) is 14.5 Å². The summed E-state index contributed by atoms with van der Waals surface area (Å²) < 4.78 is 1.84. The second-order valence-electron chi connectivity index (χ2n) is 8.78. The van der Waals surface area contributed by atoms with Crippen LogP contribution in [0.3, 0.4) is 0 Å². The molecule has 2 aliphatic rings. The summed E-state index contributed by atoms with van der Waals surface area (Å²) in [7, 11) is 0. The van der Waals surface area contributed by atoms with Crippen LogP contribution in [0.25, 0.3) is 0 Å². The highest BCUT2D eigenvalue weighted by molar-refractivity contribution is 6.08. The van der Waals surface area contributed by atoms with Gasteiger partial charge < -0.3 is 10.2 Å². The van der Waals surface area contributed by atoms with E-state index in [0.717, 1.165) is 41.7 Å². The van der Waals surface area contributed by atoms with Gasteiger partial charge in [0, 0.05) is 12.6 Å². The lowest BCUT2D eigenvalue weighted by Gasteiger charge is -2.22. The molecule has 1 aliphatic heterocycles. The van der Waals surface area contributed by atoms with Crippen LogP contribution in [0.1, 0.15) is 48.9 Å². The van der Waals surface area contributed by atoms with Gasteiger partial charge in [-0.25, -0.2) is 9.48 Å². The van der Waals surface area contributed by atoms with Crippen LogP contribution >= 0.6 is 0 Å². The van der Waals surface area contributed by atoms with E-state index in [9.17, 15) is 14.4 Å². The van der Waals surface area contributed by atoms with Crippen LogP contribution in [0.5, 0.6) is 0 Å². The maximum Gasteiger partial charge on any atom is 0.328 e. The molecule has 3 aromatic rings. The minimum atomic E-state index is -0.772. The average molecular weight is 458 g/mol. The molecule has 1 saturated heterocycles. The number of carbonyl (C=O) groups excluding carboxylic acids is 3. The highest BCUT2D eigenvalue weighted by Gasteiger charge is 2.46. The molecular weight excluding hydrogens is 430 g/mol. The number of hydrogen-bond donors (Lipinski definition) is 1. The van der Waals surface area contributed by atoms with E-state index in [-0.39, 0.29) is 19.1 Å². The SMILES string of the molecule is O=C(CN1C(=O)C(c2ccccc2)N(Cc2ccccc2)C1=O)Nc1ccnn1C1CCCC1. The molecule has 4 amide bonds. The van der Waals surface area contributed by atoms with Crippen LogP contribution in [-0.2, 0) is 16.1 Å². The van der Waals surface area contributed by atoms with Gasteiger partial charge >= 0.3 is 6.03 Å². The van der Waals surface area contributed by atoms with Gasteiger partial charge in [0.25, 0.3) is 5.91 Å². The lowest BCUT2D eigenvalue weighted by Crippen LogP contribution is -2.39. The van der Waals surface area contributed by atoms with Crippen LogP contribution < -0.4 is 5.32 Å². The smallest absolute Gasteiger partial charge is 0.309 e. The van der Waals surface area contributed by atoms with Crippen LogP contribution in [0.4, 0.5) is 10.6 Å². The Morgan fingerprint density at radius 1 is 0.941 bits per heavy atom. The Hall–Kier alpha value is -3.94. The zero-order valence-corrected chi connectivity index (χ0v) is 18.8. The summed E-state index contributed by atoms with van der Waals surface area (Å²) in [5, 5.41) is 7.22. The number of carbonyl (C=O) groups is 3. The van der Waals surface area contributed by atoms with Gasteiger partial charge in [0.15, 0.2) is 0 Å². The number of benzene rings is 2. The first kappa shape index (κ1) is 21.9. The van der Waals surface area contributed by atoms with Crippen molar-refractivity contribution in [3.05, 3.63) is 84.1 Å². The van der Waals surface area contributed by atoms with Gasteiger partial charge in [-0.1, -0.05) is 73.5 Å². The molecule has 1 aromatic heterocycles. The quantitative estimate of drug-likeness (QED) is 0.540. The fourth-order valence-corrected chi connectivity index (χ4v) is 4.86. The maximum absolute atomic E-state index is 13.4. The summed E-state index contributed by atoms with van der Waals surface area (Å²) >= 11 is 0. The highest BCUT2D eigenvalue weighted by atomic mass is 16.2. The third kappa shape index (κ3) is 4.31. The molecule has 0 spiro atoms. The van der Waals surface area contributed by atoms with Crippen molar-refractivity contribution in [3.8, 4) is 0 Å². The molecule has 2 heterocycles. The summed E-state index contributed by atoms with van der Waals surface area (Å²) in [4.78, 5) is 42.2. The van der Waals surface area contributed by atoms with E-state index in [1.807, 2.05) is 65.3 Å². The Kier molecular flexibility index (Phi) is 6.12. The molecule has 34 heavy (non-hydrogen) atoms. The lowest BCUT2D eigenvalue weighted by molar-refractivity contribution is -0.131. The van der Waals surface area contributed by atoms with Crippen molar-refractivity contribution in [1.29, 1.82) is 0 Å². The van der Waals surface area contributed by atoms with Crippen molar-refractivity contribution >= 4 is 23.7 Å². The van der Waals surface area contributed by atoms with Crippen molar-refractivity contribution in [3.63, 3.8) is 0 Å². The third-order valence-corrected chi connectivity index (χ3v) is 6.51. The first-order valence-electron chi connectivity index (χ1n) is 11.7. The Morgan fingerprint density at radius 3 is 2.32 bits per heavy atom. The first-order valence-corrected chi connectivity index (χ1v) is 11.7. The Bertz CT molecular complexity index is 1170. The number of nitrogens with one attached hydrogen (secondary N) is 1. The molecule has 1 saturated carbocycles. The van der Waals surface area contributed by atoms with Crippen molar-refractivity contribution in [1.82, 2.24) is 19.6 Å². The molecule has 8 heteroatoms. The van der Waals surface area contributed by atoms with E-state index in [2.05, 4.69) is 10.4 Å². The number of imide groups is 1. The average Bonchev–Trinajstić information content (AvgIpc) is 3.58. The van der Waals surface area contributed by atoms with Gasteiger partial charge in [-0.15, -0.1) is 0 Å². The standard InChI is InChI=1S/C26H27N5O3/c32-23(28-22-15-16-27-31(22)21-13-7-8-14-21)18-30-25(33)24(20-11-5-2-6-12-20)29(26(30)34)17-19-9-3-1-4-10-19/h1-6,9-12,15-16,21,24H,7-8,13-14,17-18H2,(H,28,32). The first-order chi connectivity index (χ1) is 16.6. The minimum Gasteiger partial charge on any atom is -0.309 e. The predicted molar refractivity (Wildman–Crippen MR) is 127 cm³/mol. The molecule has 1 atom stereocenters. The molecule has 8 nitrogen and oxygen atoms in total. The second-order valence-corrected chi connectivity index (χ2v) is 8.78. The molecule has 5 rings (SSSR count). The van der Waals surface area contributed by atoms with Crippen LogP contribution in [0.2, 0.25) is 0 Å². The van der Waals surface area contributed by atoms with E-state index in [1.54, 1.807) is 12.3 Å². The topological polar surface area (TPSA) is 87.5 Å². The molecule has 2 fully saturated rings. The fraction of sp³-hybridized carbons (Fsp3) is 0.308. The van der Waals surface area contributed by atoms with E-state index >= 15 is 0 Å². The molecule has 2 aromatic carbocycles. The minimum absolute atomic E-state index is 0.268. The molecule has 1 unspecified atom stereocenters. The summed E-state index contributed by atoms with van der Waals surface area (Å²) in [5.74, 6) is -0.224. The van der Waals surface area contributed by atoms with Gasteiger partial charge in [0.05, 0.1) is 12.2 Å². The fourth-order valence-electron chi connectivity index (χ4n) is 4.86. The monoisotopic (exact) mass is 457 g/mol. The van der Waals surface area contributed by atoms with Crippen molar-refractivity contribution in [2.75, 3.05) is 11.9 Å². The number of anilines is 1. The Balaban J connectivity index is 1.35. The zero-order chi connectivity index (χ0) is 23.5. The summed E-state index contributed by atoms with van der Waals surface area (Å²) in [6.07, 6.45) is 6.01. The number of rotatable bonds is 7. The van der Waals surface area contributed by atoms with E-state index in [4.69, 9.17) is 0 Å². The number of amides is 4. The van der Waals surface area contributed by atoms with Crippen molar-refractivity contribution in [2.45, 2.75) is 44.3 Å². The molecule has 0 radical (unpaired) electrons. The number of aromatic nitrogens is 2. The Labute approximate surface area is 198 Å². The third-order valence-electron chi connectivity index (χ3n) is 6.51. The van der Waals surface area contributed by atoms with Gasteiger partial charge in [-0.2, -0.15) is 5.10 Å². The molecule has 1 aliphatic carbocycles. The lowest BCUT2D eigenvalue weighted by atomic mass is 10.1. The normalized spacial score (nSPS) is 18.6. The maximum atomic E-state index is 13.4. The predicted octanol–water partition coefficient (Wildman–Crippen LogP) is 4.14. The molecule has 1 N–H and O–H groups in total. The summed E-state index contributed by atoms with van der Waals surface area (Å²) in [6, 6.07) is 19.5. The number of nitrogens with zero attached hydrogens (tertiary/aromatic N) is 4. The second kappa shape index (κ2) is 9.51. The van der Waals surface area contributed by atoms with Crippen molar-refractivity contribution in [2.24, 2.45) is 0 Å². The Morgan fingerprint density at radius 2 is 1.62 bits per heavy atom. The van der Waals surface area contributed by atoms with Crippen LogP contribution in [0.15, 0.2) is 72.9 Å². The summed E-state index contributed by atoms with van der Waals surface area (Å²) in [5.41, 5.74) is 1.63. The largest absolute Gasteiger partial charge is 0.328 e. The molecular formula is C26H27N5O3.